The molecule has 0 aliphatic rings. The first kappa shape index (κ1) is 8.27. The normalized spacial score (nSPS) is 13.3. The van der Waals surface area contributed by atoms with Crippen molar-refractivity contribution in [3.05, 3.63) is 18.4 Å². The van der Waals surface area contributed by atoms with Crippen molar-refractivity contribution in [2.75, 3.05) is 0 Å². The lowest BCUT2D eigenvalue weighted by Gasteiger charge is -2.04. The van der Waals surface area contributed by atoms with Gasteiger partial charge >= 0.3 is 0 Å². The fourth-order valence-electron chi connectivity index (χ4n) is 0.965. The third-order valence-electron chi connectivity index (χ3n) is 1.64. The number of nitrogens with two attached hydrogens (primary N) is 1. The molecular weight excluding hydrogens is 140 g/mol. The van der Waals surface area contributed by atoms with Gasteiger partial charge in [-0.15, -0.1) is 0 Å². The molecule has 1 unspecified atom stereocenters. The molecule has 2 N–H and O–H groups in total. The lowest BCUT2D eigenvalue weighted by molar-refractivity contribution is 0.429. The fraction of sp³-hybridized carbons (Fsp3) is 0.625. The van der Waals surface area contributed by atoms with Crippen molar-refractivity contribution in [1.82, 2.24) is 4.98 Å². The average Bonchev–Trinajstić information content (AvgIpc) is 2.52. The van der Waals surface area contributed by atoms with Crippen molar-refractivity contribution in [3.8, 4) is 0 Å². The molecular formula is C8H14N2O. The summed E-state index contributed by atoms with van der Waals surface area (Å²) < 4.78 is 5.06. The van der Waals surface area contributed by atoms with Gasteiger partial charge in [-0.25, -0.2) is 4.98 Å². The van der Waals surface area contributed by atoms with E-state index in [0.717, 1.165) is 19.3 Å². The summed E-state index contributed by atoms with van der Waals surface area (Å²) in [5, 5.41) is 0. The monoisotopic (exact) mass is 154 g/mol. The van der Waals surface area contributed by atoms with E-state index in [1.807, 2.05) is 0 Å². The van der Waals surface area contributed by atoms with Crippen LogP contribution in [-0.4, -0.2) is 4.98 Å². The van der Waals surface area contributed by atoms with Crippen LogP contribution in [-0.2, 0) is 0 Å². The molecule has 3 nitrogen and oxygen atoms in total. The second-order valence-electron chi connectivity index (χ2n) is 2.62. The van der Waals surface area contributed by atoms with Crippen LogP contribution >= 0.6 is 0 Å². The SMILES string of the molecule is CCCCC(N)c1ncco1. The van der Waals surface area contributed by atoms with Gasteiger partial charge in [0.25, 0.3) is 0 Å². The topological polar surface area (TPSA) is 52.0 Å². The molecule has 0 amide bonds. The predicted molar refractivity (Wildman–Crippen MR) is 43.0 cm³/mol. The number of nitrogens with zero attached hydrogens (tertiary/aromatic N) is 1. The minimum absolute atomic E-state index is 0.0232. The van der Waals surface area contributed by atoms with Gasteiger partial charge in [0.2, 0.25) is 5.89 Å². The van der Waals surface area contributed by atoms with Crippen LogP contribution in [0.25, 0.3) is 0 Å². The van der Waals surface area contributed by atoms with Crippen molar-refractivity contribution < 1.29 is 4.42 Å². The van der Waals surface area contributed by atoms with Crippen molar-refractivity contribution in [2.45, 2.75) is 32.2 Å². The molecule has 0 aliphatic carbocycles. The Morgan fingerprint density at radius 3 is 3.09 bits per heavy atom. The van der Waals surface area contributed by atoms with Gasteiger partial charge in [0.15, 0.2) is 0 Å². The highest BCUT2D eigenvalue weighted by Gasteiger charge is 2.08. The van der Waals surface area contributed by atoms with E-state index in [-0.39, 0.29) is 6.04 Å². The van der Waals surface area contributed by atoms with E-state index in [2.05, 4.69) is 11.9 Å². The smallest absolute Gasteiger partial charge is 0.210 e. The summed E-state index contributed by atoms with van der Waals surface area (Å²) in [5.41, 5.74) is 5.77. The zero-order valence-corrected chi connectivity index (χ0v) is 6.79. The minimum Gasteiger partial charge on any atom is -0.447 e. The van der Waals surface area contributed by atoms with E-state index in [4.69, 9.17) is 10.2 Å². The summed E-state index contributed by atoms with van der Waals surface area (Å²) in [5.74, 6) is 0.651. The first-order valence-corrected chi connectivity index (χ1v) is 3.99. The molecule has 0 saturated carbocycles. The third kappa shape index (κ3) is 2.35. The number of rotatable bonds is 4. The van der Waals surface area contributed by atoms with Crippen molar-refractivity contribution in [2.24, 2.45) is 5.73 Å². The van der Waals surface area contributed by atoms with Crippen molar-refractivity contribution >= 4 is 0 Å². The highest BCUT2D eigenvalue weighted by Crippen LogP contribution is 2.13. The van der Waals surface area contributed by atoms with Gasteiger partial charge in [0.05, 0.1) is 12.2 Å². The molecule has 0 aliphatic heterocycles. The van der Waals surface area contributed by atoms with E-state index in [1.54, 1.807) is 12.5 Å². The number of unbranched alkanes of at least 4 members (excludes halogenated alkanes) is 1. The van der Waals surface area contributed by atoms with Gasteiger partial charge in [0, 0.05) is 0 Å². The Labute approximate surface area is 66.6 Å². The number of aromatic nitrogens is 1. The standard InChI is InChI=1S/C8H14N2O/c1-2-3-4-7(9)8-10-5-6-11-8/h5-7H,2-4,9H2,1H3. The molecule has 1 heterocycles. The molecule has 1 aromatic rings. The van der Waals surface area contributed by atoms with E-state index in [1.165, 1.54) is 0 Å². The van der Waals surface area contributed by atoms with Crippen LogP contribution in [0.3, 0.4) is 0 Å². The van der Waals surface area contributed by atoms with Gasteiger partial charge in [0.1, 0.15) is 6.26 Å². The molecule has 0 spiro atoms. The molecule has 11 heavy (non-hydrogen) atoms. The molecule has 1 aromatic heterocycles. The van der Waals surface area contributed by atoms with Gasteiger partial charge in [-0.1, -0.05) is 19.8 Å². The summed E-state index contributed by atoms with van der Waals surface area (Å²) in [6.07, 6.45) is 6.43. The summed E-state index contributed by atoms with van der Waals surface area (Å²) >= 11 is 0. The molecule has 1 rings (SSSR count). The van der Waals surface area contributed by atoms with Crippen LogP contribution in [0.15, 0.2) is 16.9 Å². The van der Waals surface area contributed by atoms with Crippen molar-refractivity contribution in [3.63, 3.8) is 0 Å². The van der Waals surface area contributed by atoms with Crippen LogP contribution < -0.4 is 5.73 Å². The molecule has 1 atom stereocenters. The summed E-state index contributed by atoms with van der Waals surface area (Å²) in [4.78, 5) is 3.98. The maximum Gasteiger partial charge on any atom is 0.210 e. The lowest BCUT2D eigenvalue weighted by Crippen LogP contribution is -2.09. The maximum atomic E-state index is 5.77. The lowest BCUT2D eigenvalue weighted by atomic mass is 10.1. The highest BCUT2D eigenvalue weighted by molar-refractivity contribution is 4.87. The number of oxazole rings is 1. The molecule has 0 radical (unpaired) electrons. The van der Waals surface area contributed by atoms with Crippen LogP contribution in [0.1, 0.15) is 38.1 Å². The second kappa shape index (κ2) is 4.13. The quantitative estimate of drug-likeness (QED) is 0.720. The zero-order chi connectivity index (χ0) is 8.10. The summed E-state index contributed by atoms with van der Waals surface area (Å²) in [6, 6.07) is -0.0232. The third-order valence-corrected chi connectivity index (χ3v) is 1.64. The Morgan fingerprint density at radius 2 is 2.55 bits per heavy atom. The second-order valence-corrected chi connectivity index (χ2v) is 2.62. The largest absolute Gasteiger partial charge is 0.447 e. The van der Waals surface area contributed by atoms with Crippen LogP contribution in [0.2, 0.25) is 0 Å². The Hall–Kier alpha value is -0.830. The van der Waals surface area contributed by atoms with Crippen LogP contribution in [0, 0.1) is 0 Å². The zero-order valence-electron chi connectivity index (χ0n) is 6.79. The predicted octanol–water partition coefficient (Wildman–Crippen LogP) is 1.86. The first-order valence-electron chi connectivity index (χ1n) is 3.99. The van der Waals surface area contributed by atoms with Crippen molar-refractivity contribution in [1.29, 1.82) is 0 Å². The average molecular weight is 154 g/mol. The van der Waals surface area contributed by atoms with Gasteiger partial charge in [-0.3, -0.25) is 0 Å². The summed E-state index contributed by atoms with van der Waals surface area (Å²) in [7, 11) is 0. The Bertz CT molecular complexity index is 184. The van der Waals surface area contributed by atoms with Gasteiger partial charge in [-0.05, 0) is 6.42 Å². The molecule has 0 bridgehead atoms. The Kier molecular flexibility index (Phi) is 3.11. The van der Waals surface area contributed by atoms with E-state index in [9.17, 15) is 0 Å². The number of hydrogen-bond donors (Lipinski definition) is 1. The number of hydrogen-bond acceptors (Lipinski definition) is 3. The molecule has 3 heteroatoms. The molecule has 0 aromatic carbocycles. The fourth-order valence-corrected chi connectivity index (χ4v) is 0.965. The molecule has 62 valence electrons. The Morgan fingerprint density at radius 1 is 1.73 bits per heavy atom. The van der Waals surface area contributed by atoms with Gasteiger partial charge in [-0.2, -0.15) is 0 Å². The molecule has 0 fully saturated rings. The van der Waals surface area contributed by atoms with Crippen LogP contribution in [0.5, 0.6) is 0 Å². The van der Waals surface area contributed by atoms with Gasteiger partial charge < -0.3 is 10.2 Å². The van der Waals surface area contributed by atoms with E-state index >= 15 is 0 Å². The highest BCUT2D eigenvalue weighted by atomic mass is 16.3. The maximum absolute atomic E-state index is 5.77. The minimum atomic E-state index is -0.0232. The Balaban J connectivity index is 2.36. The van der Waals surface area contributed by atoms with E-state index in [0.29, 0.717) is 5.89 Å². The van der Waals surface area contributed by atoms with E-state index < -0.39 is 0 Å². The molecule has 0 saturated heterocycles. The summed E-state index contributed by atoms with van der Waals surface area (Å²) in [6.45, 7) is 2.14. The first-order chi connectivity index (χ1) is 5.34. The van der Waals surface area contributed by atoms with Crippen LogP contribution in [0.4, 0.5) is 0 Å².